The number of nitrogens with two attached hydrogens (primary N) is 1. The molecule has 0 amide bonds. The molecule has 0 radical (unpaired) electrons. The van der Waals surface area contributed by atoms with Crippen LogP contribution in [0.25, 0.3) is 0 Å². The van der Waals surface area contributed by atoms with Gasteiger partial charge in [0.25, 0.3) is 0 Å². The first-order valence-corrected chi connectivity index (χ1v) is 5.85. The number of hydrogen-bond donors (Lipinski definition) is 1. The zero-order valence-electron chi connectivity index (χ0n) is 8.12. The Kier molecular flexibility index (Phi) is 2.58. The van der Waals surface area contributed by atoms with Crippen molar-refractivity contribution in [2.24, 2.45) is 5.73 Å². The average molecular weight is 206 g/mol. The van der Waals surface area contributed by atoms with Gasteiger partial charge in [0.15, 0.2) is 0 Å². The number of nitrogens with zero attached hydrogens (tertiary/aromatic N) is 1. The van der Waals surface area contributed by atoms with Crippen LogP contribution in [0, 0.1) is 11.3 Å². The second kappa shape index (κ2) is 3.72. The average Bonchev–Trinajstić information content (AvgIpc) is 2.67. The molecule has 0 spiro atoms. The van der Waals surface area contributed by atoms with Gasteiger partial charge in [0.1, 0.15) is 10.9 Å². The van der Waals surface area contributed by atoms with Gasteiger partial charge < -0.3 is 5.73 Å². The lowest BCUT2D eigenvalue weighted by atomic mass is 9.81. The van der Waals surface area contributed by atoms with Gasteiger partial charge in [-0.05, 0) is 25.0 Å². The van der Waals surface area contributed by atoms with Crippen LogP contribution in [-0.2, 0) is 5.54 Å². The predicted molar refractivity (Wildman–Crippen MR) is 58.0 cm³/mol. The zero-order valence-corrected chi connectivity index (χ0v) is 8.94. The Morgan fingerprint density at radius 1 is 1.29 bits per heavy atom. The van der Waals surface area contributed by atoms with E-state index < -0.39 is 0 Å². The molecular weight excluding hydrogens is 192 g/mol. The van der Waals surface area contributed by atoms with Crippen molar-refractivity contribution < 1.29 is 0 Å². The van der Waals surface area contributed by atoms with Crippen LogP contribution in [0.3, 0.4) is 0 Å². The third-order valence-corrected chi connectivity index (χ3v) is 4.16. The van der Waals surface area contributed by atoms with Gasteiger partial charge in [-0.25, -0.2) is 0 Å². The van der Waals surface area contributed by atoms with Crippen LogP contribution >= 0.6 is 11.3 Å². The largest absolute Gasteiger partial charge is 0.321 e. The molecule has 2 N–H and O–H groups in total. The maximum absolute atomic E-state index is 8.75. The topological polar surface area (TPSA) is 49.8 Å². The lowest BCUT2D eigenvalue weighted by Crippen LogP contribution is -2.37. The normalized spacial score (nSPS) is 20.3. The molecule has 1 saturated carbocycles. The fraction of sp³-hybridized carbons (Fsp3) is 0.545. The second-order valence-electron chi connectivity index (χ2n) is 3.99. The van der Waals surface area contributed by atoms with Crippen molar-refractivity contribution in [3.05, 3.63) is 21.9 Å². The quantitative estimate of drug-likeness (QED) is 0.768. The lowest BCUT2D eigenvalue weighted by Gasteiger charge is -2.32. The number of rotatable bonds is 1. The summed E-state index contributed by atoms with van der Waals surface area (Å²) in [4.78, 5) is 1.96. The lowest BCUT2D eigenvalue weighted by molar-refractivity contribution is 0.308. The maximum Gasteiger partial charge on any atom is 0.110 e. The smallest absolute Gasteiger partial charge is 0.110 e. The van der Waals surface area contributed by atoms with Crippen molar-refractivity contribution in [1.29, 1.82) is 5.26 Å². The summed E-state index contributed by atoms with van der Waals surface area (Å²) >= 11 is 1.55. The van der Waals surface area contributed by atoms with Crippen LogP contribution in [0.1, 0.15) is 41.9 Å². The van der Waals surface area contributed by atoms with E-state index in [2.05, 4.69) is 6.07 Å². The van der Waals surface area contributed by atoms with Crippen LogP contribution < -0.4 is 5.73 Å². The zero-order chi connectivity index (χ0) is 10.0. The monoisotopic (exact) mass is 206 g/mol. The minimum atomic E-state index is -0.141. The van der Waals surface area contributed by atoms with E-state index in [0.717, 1.165) is 17.7 Å². The summed E-state index contributed by atoms with van der Waals surface area (Å²) in [6.45, 7) is 0. The van der Waals surface area contributed by atoms with E-state index in [4.69, 9.17) is 11.0 Å². The SMILES string of the molecule is N#Cc1ccc(C2(N)CCCCC2)s1. The first-order valence-electron chi connectivity index (χ1n) is 5.04. The standard InChI is InChI=1S/C11H14N2S/c12-8-9-4-5-10(14-9)11(13)6-2-1-3-7-11/h4-5H,1-3,6-7,13H2. The third-order valence-electron chi connectivity index (χ3n) is 2.95. The van der Waals surface area contributed by atoms with Gasteiger partial charge in [0, 0.05) is 4.88 Å². The summed E-state index contributed by atoms with van der Waals surface area (Å²) in [6.07, 6.45) is 5.87. The molecule has 3 heteroatoms. The minimum Gasteiger partial charge on any atom is -0.321 e. The Morgan fingerprint density at radius 3 is 2.57 bits per heavy atom. The molecule has 0 unspecified atom stereocenters. The third kappa shape index (κ3) is 1.68. The van der Waals surface area contributed by atoms with E-state index in [0.29, 0.717) is 0 Å². The van der Waals surface area contributed by atoms with Crippen LogP contribution in [0.5, 0.6) is 0 Å². The Labute approximate surface area is 88.4 Å². The first-order chi connectivity index (χ1) is 6.74. The van der Waals surface area contributed by atoms with Crippen molar-refractivity contribution in [2.45, 2.75) is 37.6 Å². The molecule has 1 heterocycles. The molecule has 1 aromatic rings. The summed E-state index contributed by atoms with van der Waals surface area (Å²) in [6, 6.07) is 6.07. The fourth-order valence-corrected chi connectivity index (χ4v) is 3.06. The van der Waals surface area contributed by atoms with E-state index in [1.54, 1.807) is 11.3 Å². The van der Waals surface area contributed by atoms with Crippen molar-refractivity contribution in [2.75, 3.05) is 0 Å². The molecule has 0 saturated heterocycles. The number of thiophene rings is 1. The molecule has 0 aromatic carbocycles. The van der Waals surface area contributed by atoms with Gasteiger partial charge in [-0.2, -0.15) is 5.26 Å². The summed E-state index contributed by atoms with van der Waals surface area (Å²) in [5, 5.41) is 8.75. The fourth-order valence-electron chi connectivity index (χ4n) is 2.09. The molecule has 2 rings (SSSR count). The highest BCUT2D eigenvalue weighted by Gasteiger charge is 2.30. The van der Waals surface area contributed by atoms with E-state index in [1.807, 2.05) is 12.1 Å². The highest BCUT2D eigenvalue weighted by atomic mass is 32.1. The number of hydrogen-bond acceptors (Lipinski definition) is 3. The molecule has 0 aliphatic heterocycles. The van der Waals surface area contributed by atoms with Crippen molar-refractivity contribution in [3.8, 4) is 6.07 Å². The van der Waals surface area contributed by atoms with Crippen molar-refractivity contribution in [3.63, 3.8) is 0 Å². The van der Waals surface area contributed by atoms with Gasteiger partial charge in [-0.3, -0.25) is 0 Å². The molecular formula is C11H14N2S. The van der Waals surface area contributed by atoms with Gasteiger partial charge in [0.05, 0.1) is 5.54 Å². The minimum absolute atomic E-state index is 0.141. The van der Waals surface area contributed by atoms with Crippen LogP contribution in [-0.4, -0.2) is 0 Å². The van der Waals surface area contributed by atoms with Crippen molar-refractivity contribution in [1.82, 2.24) is 0 Å². The summed E-state index contributed by atoms with van der Waals surface area (Å²) in [5.41, 5.74) is 6.21. The Bertz CT molecular complexity index is 356. The second-order valence-corrected chi connectivity index (χ2v) is 5.08. The highest BCUT2D eigenvalue weighted by molar-refractivity contribution is 7.12. The first kappa shape index (κ1) is 9.70. The molecule has 0 atom stereocenters. The van der Waals surface area contributed by atoms with Crippen LogP contribution in [0.15, 0.2) is 12.1 Å². The Balaban J connectivity index is 2.24. The molecule has 14 heavy (non-hydrogen) atoms. The maximum atomic E-state index is 8.75. The number of nitriles is 1. The van der Waals surface area contributed by atoms with Crippen LogP contribution in [0.2, 0.25) is 0 Å². The molecule has 2 nitrogen and oxygen atoms in total. The molecule has 1 fully saturated rings. The molecule has 1 aliphatic carbocycles. The van der Waals surface area contributed by atoms with E-state index >= 15 is 0 Å². The molecule has 74 valence electrons. The predicted octanol–water partition coefficient (Wildman–Crippen LogP) is 2.74. The molecule has 1 aromatic heterocycles. The molecule has 1 aliphatic rings. The van der Waals surface area contributed by atoms with Gasteiger partial charge in [-0.1, -0.05) is 19.3 Å². The molecule has 0 bridgehead atoms. The van der Waals surface area contributed by atoms with Gasteiger partial charge in [-0.15, -0.1) is 11.3 Å². The van der Waals surface area contributed by atoms with E-state index in [-0.39, 0.29) is 5.54 Å². The van der Waals surface area contributed by atoms with Gasteiger partial charge >= 0.3 is 0 Å². The summed E-state index contributed by atoms with van der Waals surface area (Å²) in [5.74, 6) is 0. The summed E-state index contributed by atoms with van der Waals surface area (Å²) in [7, 11) is 0. The van der Waals surface area contributed by atoms with E-state index in [1.165, 1.54) is 24.1 Å². The van der Waals surface area contributed by atoms with Crippen LogP contribution in [0.4, 0.5) is 0 Å². The Morgan fingerprint density at radius 2 is 2.00 bits per heavy atom. The van der Waals surface area contributed by atoms with E-state index in [9.17, 15) is 0 Å². The van der Waals surface area contributed by atoms with Gasteiger partial charge in [0.2, 0.25) is 0 Å². The highest BCUT2D eigenvalue weighted by Crippen LogP contribution is 2.37. The van der Waals surface area contributed by atoms with Crippen molar-refractivity contribution >= 4 is 11.3 Å². The Hall–Kier alpha value is -0.850. The summed E-state index contributed by atoms with van der Waals surface area (Å²) < 4.78 is 0.